The largest absolute Gasteiger partial charge is 0.361 e. The summed E-state index contributed by atoms with van der Waals surface area (Å²) in [5, 5.41) is 11.9. The third-order valence-corrected chi connectivity index (χ3v) is 6.94. The van der Waals surface area contributed by atoms with Gasteiger partial charge in [-0.3, -0.25) is 4.79 Å². The molecular formula is C17H25N3O4S. The van der Waals surface area contributed by atoms with Crippen molar-refractivity contribution in [3.05, 3.63) is 17.5 Å². The van der Waals surface area contributed by atoms with E-state index < -0.39 is 14.6 Å². The number of hydrogen-bond donors (Lipinski definition) is 0. The Morgan fingerprint density at radius 3 is 2.56 bits per heavy atom. The van der Waals surface area contributed by atoms with Gasteiger partial charge in [0.25, 0.3) is 0 Å². The Morgan fingerprint density at radius 1 is 1.32 bits per heavy atom. The van der Waals surface area contributed by atoms with Crippen molar-refractivity contribution < 1.29 is 17.7 Å². The normalized spacial score (nSPS) is 15.4. The summed E-state index contributed by atoms with van der Waals surface area (Å²) in [6, 6.07) is 1.75. The summed E-state index contributed by atoms with van der Waals surface area (Å²) < 4.78 is 28.7. The molecule has 25 heavy (non-hydrogen) atoms. The van der Waals surface area contributed by atoms with Crippen molar-refractivity contribution in [3.63, 3.8) is 0 Å². The molecule has 0 atom stereocenters. The molecule has 0 saturated carbocycles. The molecule has 1 aromatic heterocycles. The highest BCUT2D eigenvalue weighted by molar-refractivity contribution is 7.93. The zero-order valence-corrected chi connectivity index (χ0v) is 16.2. The van der Waals surface area contributed by atoms with Gasteiger partial charge < -0.3 is 4.52 Å². The van der Waals surface area contributed by atoms with Crippen LogP contribution in [-0.4, -0.2) is 41.3 Å². The first kappa shape index (κ1) is 19.5. The molecule has 0 aromatic carbocycles. The van der Waals surface area contributed by atoms with Gasteiger partial charge in [0.05, 0.1) is 17.2 Å². The molecule has 1 aliphatic rings. The van der Waals surface area contributed by atoms with Crippen LogP contribution in [0.4, 0.5) is 0 Å². The van der Waals surface area contributed by atoms with E-state index in [1.165, 1.54) is 13.8 Å². The Balaban J connectivity index is 2.00. The van der Waals surface area contributed by atoms with Crippen molar-refractivity contribution in [2.24, 2.45) is 16.1 Å². The van der Waals surface area contributed by atoms with E-state index in [-0.39, 0.29) is 23.9 Å². The molecule has 0 fully saturated rings. The quantitative estimate of drug-likeness (QED) is 0.703. The number of sulfone groups is 1. The van der Waals surface area contributed by atoms with Crippen molar-refractivity contribution in [2.45, 2.75) is 58.6 Å². The molecule has 1 aliphatic heterocycles. The lowest BCUT2D eigenvalue weighted by Gasteiger charge is -2.23. The molecule has 2 rings (SSSR count). The molecule has 2 heterocycles. The van der Waals surface area contributed by atoms with Crippen LogP contribution in [0, 0.1) is 12.8 Å². The third-order valence-electron chi connectivity index (χ3n) is 4.38. The summed E-state index contributed by atoms with van der Waals surface area (Å²) in [6.07, 6.45) is 0.885. The van der Waals surface area contributed by atoms with E-state index in [4.69, 9.17) is 4.52 Å². The highest BCUT2D eigenvalue weighted by atomic mass is 32.2. The minimum atomic E-state index is -3.53. The second-order valence-electron chi connectivity index (χ2n) is 7.32. The number of rotatable bonds is 8. The molecular weight excluding hydrogens is 342 g/mol. The van der Waals surface area contributed by atoms with Crippen molar-refractivity contribution in [3.8, 4) is 0 Å². The standard InChI is InChI=1S/C17H25N3O4S/c1-11(2)6-7-25(22,23)17(4,5)16(21)10-13-9-14(19-18-13)15-8-12(3)24-20-15/h8,11H,6-7,9-10H2,1-5H3. The second kappa shape index (κ2) is 7.19. The Morgan fingerprint density at radius 2 is 2.00 bits per heavy atom. The van der Waals surface area contributed by atoms with Crippen molar-refractivity contribution in [1.29, 1.82) is 0 Å². The first-order valence-electron chi connectivity index (χ1n) is 8.34. The van der Waals surface area contributed by atoms with Crippen LogP contribution in [0.3, 0.4) is 0 Å². The fourth-order valence-electron chi connectivity index (χ4n) is 2.35. The maximum atomic E-state index is 12.6. The van der Waals surface area contributed by atoms with Crippen LogP contribution in [-0.2, 0) is 14.6 Å². The van der Waals surface area contributed by atoms with Gasteiger partial charge >= 0.3 is 0 Å². The Hall–Kier alpha value is -1.83. The summed E-state index contributed by atoms with van der Waals surface area (Å²) in [5.41, 5.74) is 1.76. The molecule has 0 saturated heterocycles. The molecule has 0 bridgehead atoms. The van der Waals surface area contributed by atoms with Gasteiger partial charge in [0, 0.05) is 18.9 Å². The molecule has 0 N–H and O–H groups in total. The van der Waals surface area contributed by atoms with E-state index in [1.807, 2.05) is 13.8 Å². The summed E-state index contributed by atoms with van der Waals surface area (Å²) >= 11 is 0. The first-order valence-corrected chi connectivity index (χ1v) is 9.99. The minimum absolute atomic E-state index is 0.00977. The van der Waals surface area contributed by atoms with Gasteiger partial charge in [-0.1, -0.05) is 19.0 Å². The van der Waals surface area contributed by atoms with Gasteiger partial charge in [-0.25, -0.2) is 8.42 Å². The van der Waals surface area contributed by atoms with E-state index >= 15 is 0 Å². The fraction of sp³-hybridized carbons (Fsp3) is 0.647. The van der Waals surface area contributed by atoms with Crippen LogP contribution >= 0.6 is 0 Å². The van der Waals surface area contributed by atoms with Crippen LogP contribution < -0.4 is 0 Å². The summed E-state index contributed by atoms with van der Waals surface area (Å²) in [4.78, 5) is 12.6. The monoisotopic (exact) mass is 367 g/mol. The average molecular weight is 367 g/mol. The van der Waals surface area contributed by atoms with Gasteiger partial charge in [-0.15, -0.1) is 0 Å². The lowest BCUT2D eigenvalue weighted by molar-refractivity contribution is -0.119. The number of Topliss-reactive ketones (excluding diaryl/α,β-unsaturated/α-hetero) is 1. The van der Waals surface area contributed by atoms with Crippen LogP contribution in [0.25, 0.3) is 0 Å². The van der Waals surface area contributed by atoms with Crippen LogP contribution in [0.15, 0.2) is 20.8 Å². The van der Waals surface area contributed by atoms with Crippen molar-refractivity contribution in [1.82, 2.24) is 5.16 Å². The Labute approximate surface area is 148 Å². The zero-order chi connectivity index (χ0) is 18.8. The third kappa shape index (κ3) is 4.42. The first-order chi connectivity index (χ1) is 11.5. The fourth-order valence-corrected chi connectivity index (χ4v) is 4.07. The van der Waals surface area contributed by atoms with Gasteiger partial charge in [-0.2, -0.15) is 10.2 Å². The number of ketones is 1. The average Bonchev–Trinajstić information content (AvgIpc) is 3.14. The number of nitrogens with zero attached hydrogens (tertiary/aromatic N) is 3. The summed E-state index contributed by atoms with van der Waals surface area (Å²) in [6.45, 7) is 8.65. The smallest absolute Gasteiger partial charge is 0.162 e. The van der Waals surface area contributed by atoms with Crippen molar-refractivity contribution >= 4 is 27.0 Å². The van der Waals surface area contributed by atoms with E-state index in [2.05, 4.69) is 15.4 Å². The summed E-state index contributed by atoms with van der Waals surface area (Å²) in [5.74, 6) is 0.583. The van der Waals surface area contributed by atoms with Crippen LogP contribution in [0.2, 0.25) is 0 Å². The molecule has 0 unspecified atom stereocenters. The Bertz CT molecular complexity index is 817. The number of carbonyl (C=O) groups is 1. The molecule has 7 nitrogen and oxygen atoms in total. The second-order valence-corrected chi connectivity index (χ2v) is 9.98. The molecule has 0 amide bonds. The van der Waals surface area contributed by atoms with Crippen molar-refractivity contribution in [2.75, 3.05) is 5.75 Å². The lowest BCUT2D eigenvalue weighted by Crippen LogP contribution is -2.43. The number of carbonyl (C=O) groups excluding carboxylic acids is 1. The van der Waals surface area contributed by atoms with Crippen LogP contribution in [0.5, 0.6) is 0 Å². The molecule has 0 radical (unpaired) electrons. The van der Waals surface area contributed by atoms with Gasteiger partial charge in [-0.05, 0) is 33.1 Å². The predicted octanol–water partition coefficient (Wildman–Crippen LogP) is 2.73. The molecule has 0 aliphatic carbocycles. The number of hydrogen-bond acceptors (Lipinski definition) is 7. The Kier molecular flexibility index (Phi) is 5.61. The lowest BCUT2D eigenvalue weighted by atomic mass is 9.99. The number of aromatic nitrogens is 1. The van der Waals surface area contributed by atoms with E-state index in [0.29, 0.717) is 35.7 Å². The molecule has 0 spiro atoms. The van der Waals surface area contributed by atoms with E-state index in [1.54, 1.807) is 13.0 Å². The summed E-state index contributed by atoms with van der Waals surface area (Å²) in [7, 11) is -3.53. The molecule has 8 heteroatoms. The number of aryl methyl sites for hydroxylation is 1. The predicted molar refractivity (Wildman–Crippen MR) is 96.8 cm³/mol. The highest BCUT2D eigenvalue weighted by Crippen LogP contribution is 2.24. The maximum absolute atomic E-state index is 12.6. The van der Waals surface area contributed by atoms with E-state index in [9.17, 15) is 13.2 Å². The van der Waals surface area contributed by atoms with Gasteiger partial charge in [0.15, 0.2) is 15.6 Å². The highest BCUT2D eigenvalue weighted by Gasteiger charge is 2.41. The molecule has 138 valence electrons. The minimum Gasteiger partial charge on any atom is -0.361 e. The zero-order valence-electron chi connectivity index (χ0n) is 15.4. The maximum Gasteiger partial charge on any atom is 0.162 e. The topological polar surface area (TPSA) is 102 Å². The van der Waals surface area contributed by atoms with Crippen LogP contribution in [0.1, 0.15) is 58.4 Å². The van der Waals surface area contributed by atoms with E-state index in [0.717, 1.165) is 0 Å². The SMILES string of the molecule is Cc1cc(C2=NN=C(CC(=O)C(C)(C)S(=O)(=O)CCC(C)C)C2)no1. The van der Waals surface area contributed by atoms with Gasteiger partial charge in [0.2, 0.25) is 0 Å². The van der Waals surface area contributed by atoms with Gasteiger partial charge in [0.1, 0.15) is 16.2 Å². The molecule has 1 aromatic rings.